The van der Waals surface area contributed by atoms with Crippen molar-refractivity contribution in [3.63, 3.8) is 0 Å². The molecule has 0 fully saturated rings. The van der Waals surface area contributed by atoms with Gasteiger partial charge in [0, 0.05) is 0 Å². The Morgan fingerprint density at radius 3 is 0.917 bits per heavy atom. The molecular formula is C4H16Br2O4P2. The molecule has 0 heterocycles. The van der Waals surface area contributed by atoms with Gasteiger partial charge in [0.1, 0.15) is 7.26 Å². The summed E-state index contributed by atoms with van der Waals surface area (Å²) in [4.78, 5) is 0. The Balaban J connectivity index is -0.000000107. The van der Waals surface area contributed by atoms with Gasteiger partial charge >= 0.3 is 0 Å². The van der Waals surface area contributed by atoms with Crippen molar-refractivity contribution < 1.29 is 37.4 Å². The molecule has 0 aliphatic carbocycles. The molecule has 1 atom stereocenters. The maximum Gasteiger partial charge on any atom is 0.161 e. The lowest BCUT2D eigenvalue weighted by atomic mass is 11.6. The summed E-state index contributed by atoms with van der Waals surface area (Å²) in [6, 6.07) is 0. The predicted molar refractivity (Wildman–Crippen MR) is 56.7 cm³/mol. The van der Waals surface area contributed by atoms with Crippen molar-refractivity contribution in [1.29, 1.82) is 0 Å². The van der Waals surface area contributed by atoms with Crippen LogP contribution in [0.1, 0.15) is 0 Å². The molecule has 80 valence electrons. The van der Waals surface area contributed by atoms with Crippen LogP contribution in [0, 0.1) is 0 Å². The molecule has 0 saturated heterocycles. The average molecular weight is 350 g/mol. The van der Waals surface area contributed by atoms with E-state index in [0.29, 0.717) is 0 Å². The molecule has 0 radical (unpaired) electrons. The minimum Gasteiger partial charge on any atom is -1.00 e. The molecule has 0 aliphatic heterocycles. The summed E-state index contributed by atoms with van der Waals surface area (Å²) in [5.74, 6) is 0. The van der Waals surface area contributed by atoms with Gasteiger partial charge in [-0.25, -0.2) is 0 Å². The molecular weight excluding hydrogens is 334 g/mol. The third-order valence-electron chi connectivity index (χ3n) is 1.20. The van der Waals surface area contributed by atoms with Gasteiger partial charge in [0.2, 0.25) is 0 Å². The van der Waals surface area contributed by atoms with Crippen LogP contribution < -0.4 is 17.0 Å². The van der Waals surface area contributed by atoms with Crippen LogP contribution in [0.3, 0.4) is 0 Å². The van der Waals surface area contributed by atoms with Crippen molar-refractivity contribution in [2.75, 3.05) is 25.4 Å². The molecule has 0 saturated carbocycles. The molecule has 0 aliphatic rings. The Bertz CT molecular complexity index is 65.9. The van der Waals surface area contributed by atoms with Gasteiger partial charge in [0.15, 0.2) is 25.4 Å². The number of hydrogen-bond donors (Lipinski definition) is 4. The highest BCUT2D eigenvalue weighted by molar-refractivity contribution is 8.93. The van der Waals surface area contributed by atoms with E-state index in [-0.39, 0.29) is 69.3 Å². The molecule has 0 rings (SSSR count). The van der Waals surface area contributed by atoms with Gasteiger partial charge in [-0.1, -0.05) is 0 Å². The van der Waals surface area contributed by atoms with Gasteiger partial charge in [0.05, 0.1) is 0 Å². The van der Waals surface area contributed by atoms with Gasteiger partial charge < -0.3 is 37.4 Å². The van der Waals surface area contributed by atoms with Crippen LogP contribution in [0.15, 0.2) is 0 Å². The Kier molecular flexibility index (Phi) is 24.8. The fourth-order valence-electron chi connectivity index (χ4n) is 0.268. The van der Waals surface area contributed by atoms with E-state index in [9.17, 15) is 0 Å². The zero-order chi connectivity index (χ0) is 7.33. The first-order valence-corrected chi connectivity index (χ1v) is 5.06. The molecule has 8 heteroatoms. The third kappa shape index (κ3) is 7.10. The first kappa shape index (κ1) is 23.5. The fraction of sp³-hybridized carbons (Fsp3) is 1.00. The van der Waals surface area contributed by atoms with Crippen LogP contribution in [-0.4, -0.2) is 45.8 Å². The zero-order valence-corrected chi connectivity index (χ0v) is 12.2. The normalized spacial score (nSPS) is 9.00. The Morgan fingerprint density at radius 1 is 0.750 bits per heavy atom. The Labute approximate surface area is 96.9 Å². The lowest BCUT2D eigenvalue weighted by Crippen LogP contribution is -3.00. The second kappa shape index (κ2) is 12.7. The van der Waals surface area contributed by atoms with Gasteiger partial charge in [-0.05, 0) is 0 Å². The van der Waals surface area contributed by atoms with E-state index in [1.807, 2.05) is 0 Å². The lowest BCUT2D eigenvalue weighted by molar-refractivity contribution is -0.00000576. The molecule has 1 unspecified atom stereocenters. The van der Waals surface area contributed by atoms with E-state index in [0.717, 1.165) is 0 Å². The van der Waals surface area contributed by atoms with Crippen LogP contribution in [0.4, 0.5) is 0 Å². The fourth-order valence-corrected chi connectivity index (χ4v) is 0.805. The van der Waals surface area contributed by atoms with E-state index in [1.165, 1.54) is 0 Å². The van der Waals surface area contributed by atoms with Crippen molar-refractivity contribution in [3.8, 4) is 0 Å². The van der Waals surface area contributed by atoms with Crippen molar-refractivity contribution in [2.45, 2.75) is 0 Å². The first-order valence-electron chi connectivity index (χ1n) is 2.53. The summed E-state index contributed by atoms with van der Waals surface area (Å²) in [6.45, 7) is 0. The number of aliphatic hydroxyl groups excluding tert-OH is 4. The van der Waals surface area contributed by atoms with Gasteiger partial charge in [-0.15, -0.1) is 17.0 Å². The molecule has 0 spiro atoms. The summed E-state index contributed by atoms with van der Waals surface area (Å²) in [5.41, 5.74) is 0. The number of halogens is 2. The highest BCUT2D eigenvalue weighted by Gasteiger charge is 2.34. The molecule has 0 aromatic rings. The Morgan fingerprint density at radius 2 is 0.917 bits per heavy atom. The maximum atomic E-state index is 8.55. The molecule has 0 aromatic heterocycles. The Hall–Kier alpha value is 1.66. The topological polar surface area (TPSA) is 80.9 Å². The van der Waals surface area contributed by atoms with Gasteiger partial charge in [-0.3, -0.25) is 0 Å². The van der Waals surface area contributed by atoms with E-state index in [2.05, 4.69) is 0 Å². The molecule has 0 aromatic carbocycles. The smallest absolute Gasteiger partial charge is 0.161 e. The van der Waals surface area contributed by atoms with E-state index in [1.54, 1.807) is 0 Å². The highest BCUT2D eigenvalue weighted by atomic mass is 79.9. The number of hydrogen-bond acceptors (Lipinski definition) is 4. The van der Waals surface area contributed by atoms with Crippen molar-refractivity contribution in [1.82, 2.24) is 0 Å². The van der Waals surface area contributed by atoms with E-state index in [4.69, 9.17) is 20.4 Å². The summed E-state index contributed by atoms with van der Waals surface area (Å²) >= 11 is 0. The van der Waals surface area contributed by atoms with Crippen LogP contribution in [0.5, 0.6) is 0 Å². The number of aliphatic hydroxyl groups is 4. The van der Waals surface area contributed by atoms with E-state index < -0.39 is 7.26 Å². The predicted octanol–water partition coefficient (Wildman–Crippen LogP) is -3.56. The van der Waals surface area contributed by atoms with Crippen LogP contribution in [0.25, 0.3) is 0 Å². The summed E-state index contributed by atoms with van der Waals surface area (Å²) in [6.07, 6.45) is -1.18. The van der Waals surface area contributed by atoms with Gasteiger partial charge in [-0.2, -0.15) is 9.90 Å². The van der Waals surface area contributed by atoms with Crippen LogP contribution in [0.2, 0.25) is 0 Å². The maximum absolute atomic E-state index is 8.55. The van der Waals surface area contributed by atoms with Crippen molar-refractivity contribution >= 4 is 34.1 Å². The molecule has 4 nitrogen and oxygen atoms in total. The standard InChI is InChI=1S/C4H12O4P.2BrH.H3P/c5-1-9(2-6,3-7)4-8;;;/h5-8H,1-4H2;2*1H;1H3/q+1;;;/p-1. The highest BCUT2D eigenvalue weighted by Crippen LogP contribution is 2.54. The lowest BCUT2D eigenvalue weighted by Gasteiger charge is -2.15. The minimum absolute atomic E-state index is 0. The third-order valence-corrected chi connectivity index (χ3v) is 3.60. The monoisotopic (exact) mass is 348 g/mol. The summed E-state index contributed by atoms with van der Waals surface area (Å²) in [5, 5.41) is 34.2. The van der Waals surface area contributed by atoms with Gasteiger partial charge in [0.25, 0.3) is 0 Å². The molecule has 0 amide bonds. The van der Waals surface area contributed by atoms with Crippen LogP contribution in [-0.2, 0) is 0 Å². The number of rotatable bonds is 4. The van der Waals surface area contributed by atoms with Crippen molar-refractivity contribution in [3.05, 3.63) is 0 Å². The van der Waals surface area contributed by atoms with E-state index >= 15 is 0 Å². The minimum atomic E-state index is -2.20. The second-order valence-corrected chi connectivity index (χ2v) is 5.72. The average Bonchev–Trinajstić information content (AvgIpc) is 1.95. The molecule has 12 heavy (non-hydrogen) atoms. The second-order valence-electron chi connectivity index (χ2n) is 1.91. The largest absolute Gasteiger partial charge is 1.00 e. The molecule has 4 N–H and O–H groups in total. The van der Waals surface area contributed by atoms with Crippen molar-refractivity contribution in [2.24, 2.45) is 0 Å². The zero-order valence-electron chi connectivity index (χ0n) is 6.56. The quantitative estimate of drug-likeness (QED) is 0.396. The summed E-state index contributed by atoms with van der Waals surface area (Å²) in [7, 11) is -2.20. The van der Waals surface area contributed by atoms with Crippen LogP contribution >= 0.6 is 34.1 Å². The molecule has 0 bridgehead atoms. The first-order chi connectivity index (χ1) is 4.24. The summed E-state index contributed by atoms with van der Waals surface area (Å²) < 4.78 is 0. The SMILES string of the molecule is Br.OC[P+](CO)(CO)CO.P.[Br-].